The van der Waals surface area contributed by atoms with E-state index in [0.717, 1.165) is 11.3 Å². The third-order valence-corrected chi connectivity index (χ3v) is 4.93. The lowest BCUT2D eigenvalue weighted by molar-refractivity contribution is -0.121. The maximum absolute atomic E-state index is 13.7. The Kier molecular flexibility index (Phi) is 5.24. The second kappa shape index (κ2) is 7.98. The molecule has 2 aromatic rings. The van der Waals surface area contributed by atoms with E-state index in [1.807, 2.05) is 30.0 Å². The van der Waals surface area contributed by atoms with Gasteiger partial charge in [0.05, 0.1) is 23.8 Å². The molecule has 2 N–H and O–H groups in total. The third kappa shape index (κ3) is 4.11. The lowest BCUT2D eigenvalue weighted by Gasteiger charge is -2.38. The molecule has 1 unspecified atom stereocenters. The zero-order valence-electron chi connectivity index (χ0n) is 16.0. The monoisotopic (exact) mass is 399 g/mol. The van der Waals surface area contributed by atoms with Crippen LogP contribution in [0.1, 0.15) is 18.9 Å². The molecule has 0 aromatic heterocycles. The Bertz CT molecular complexity index is 950. The second-order valence-electron chi connectivity index (χ2n) is 7.03. The molecule has 0 bridgehead atoms. The Morgan fingerprint density at radius 1 is 1.24 bits per heavy atom. The number of nitrogens with zero attached hydrogens (tertiary/aromatic N) is 1. The SMILES string of the molecule is CCNC(=O)CC1COc2cc(F)ccc2N1Cc1ccc2c(c1)NC(=O)CO2. The molecule has 0 aliphatic carbocycles. The fraction of sp³-hybridized carbons (Fsp3) is 0.333. The number of carbonyl (C=O) groups excluding carboxylic acids is 2. The highest BCUT2D eigenvalue weighted by atomic mass is 19.1. The van der Waals surface area contributed by atoms with Crippen LogP contribution >= 0.6 is 0 Å². The third-order valence-electron chi connectivity index (χ3n) is 4.93. The number of benzene rings is 2. The minimum Gasteiger partial charge on any atom is -0.489 e. The van der Waals surface area contributed by atoms with E-state index in [4.69, 9.17) is 9.47 Å². The number of hydrogen-bond acceptors (Lipinski definition) is 5. The van der Waals surface area contributed by atoms with Crippen LogP contribution < -0.4 is 25.0 Å². The number of anilines is 2. The lowest BCUT2D eigenvalue weighted by Crippen LogP contribution is -2.45. The van der Waals surface area contributed by atoms with Crippen LogP contribution in [0.25, 0.3) is 0 Å². The quantitative estimate of drug-likeness (QED) is 0.807. The van der Waals surface area contributed by atoms with Crippen molar-refractivity contribution in [3.05, 3.63) is 47.8 Å². The van der Waals surface area contributed by atoms with Crippen molar-refractivity contribution in [1.82, 2.24) is 5.32 Å². The van der Waals surface area contributed by atoms with Crippen LogP contribution in [0.5, 0.6) is 11.5 Å². The highest BCUT2D eigenvalue weighted by Gasteiger charge is 2.30. The molecule has 1 atom stereocenters. The predicted octanol–water partition coefficient (Wildman–Crippen LogP) is 2.45. The van der Waals surface area contributed by atoms with Gasteiger partial charge in [-0.05, 0) is 36.8 Å². The summed E-state index contributed by atoms with van der Waals surface area (Å²) in [5.41, 5.74) is 2.27. The van der Waals surface area contributed by atoms with E-state index in [2.05, 4.69) is 10.6 Å². The van der Waals surface area contributed by atoms with Crippen LogP contribution in [-0.2, 0) is 16.1 Å². The molecule has 0 radical (unpaired) electrons. The summed E-state index contributed by atoms with van der Waals surface area (Å²) in [5.74, 6) is 0.432. The molecule has 152 valence electrons. The first-order valence-corrected chi connectivity index (χ1v) is 9.54. The molecule has 2 heterocycles. The minimum atomic E-state index is -0.375. The van der Waals surface area contributed by atoms with Gasteiger partial charge in [-0.1, -0.05) is 6.07 Å². The first kappa shape index (κ1) is 19.0. The summed E-state index contributed by atoms with van der Waals surface area (Å²) in [7, 11) is 0. The zero-order chi connectivity index (χ0) is 20.4. The van der Waals surface area contributed by atoms with E-state index < -0.39 is 0 Å². The van der Waals surface area contributed by atoms with Gasteiger partial charge in [0.2, 0.25) is 5.91 Å². The Hall–Kier alpha value is -3.29. The van der Waals surface area contributed by atoms with Crippen molar-refractivity contribution in [2.24, 2.45) is 0 Å². The number of hydrogen-bond donors (Lipinski definition) is 2. The van der Waals surface area contributed by atoms with E-state index in [1.165, 1.54) is 12.1 Å². The highest BCUT2D eigenvalue weighted by Crippen LogP contribution is 2.37. The summed E-state index contributed by atoms with van der Waals surface area (Å²) in [6.45, 7) is 3.17. The van der Waals surface area contributed by atoms with Crippen molar-refractivity contribution in [1.29, 1.82) is 0 Å². The summed E-state index contributed by atoms with van der Waals surface area (Å²) in [6.07, 6.45) is 0.259. The van der Waals surface area contributed by atoms with Crippen LogP contribution in [0.4, 0.5) is 15.8 Å². The molecule has 0 saturated carbocycles. The number of amides is 2. The fourth-order valence-corrected chi connectivity index (χ4v) is 3.61. The smallest absolute Gasteiger partial charge is 0.262 e. The van der Waals surface area contributed by atoms with E-state index in [0.29, 0.717) is 30.3 Å². The largest absolute Gasteiger partial charge is 0.489 e. The standard InChI is InChI=1S/C21H22FN3O4/c1-2-23-20(26)9-15-11-28-19-8-14(22)4-5-17(19)25(15)10-13-3-6-18-16(7-13)24-21(27)12-29-18/h3-8,15H,2,9-12H2,1H3,(H,23,26)(H,24,27). The first-order valence-electron chi connectivity index (χ1n) is 9.54. The zero-order valence-corrected chi connectivity index (χ0v) is 16.0. The van der Waals surface area contributed by atoms with Crippen LogP contribution in [-0.4, -0.2) is 37.6 Å². The number of carbonyl (C=O) groups is 2. The Labute approximate surface area is 167 Å². The van der Waals surface area contributed by atoms with Gasteiger partial charge in [-0.25, -0.2) is 4.39 Å². The molecule has 0 spiro atoms. The van der Waals surface area contributed by atoms with Crippen molar-refractivity contribution in [3.63, 3.8) is 0 Å². The van der Waals surface area contributed by atoms with E-state index in [9.17, 15) is 14.0 Å². The summed E-state index contributed by atoms with van der Waals surface area (Å²) in [6, 6.07) is 9.77. The molecule has 29 heavy (non-hydrogen) atoms. The van der Waals surface area contributed by atoms with E-state index in [-0.39, 0.29) is 43.3 Å². The number of nitrogens with one attached hydrogen (secondary N) is 2. The van der Waals surface area contributed by atoms with Crippen molar-refractivity contribution in [3.8, 4) is 11.5 Å². The lowest BCUT2D eigenvalue weighted by atomic mass is 10.1. The first-order chi connectivity index (χ1) is 14.0. The maximum Gasteiger partial charge on any atom is 0.262 e. The number of rotatable bonds is 5. The average Bonchev–Trinajstić information content (AvgIpc) is 2.69. The summed E-state index contributed by atoms with van der Waals surface area (Å²) in [4.78, 5) is 25.8. The maximum atomic E-state index is 13.7. The van der Waals surface area contributed by atoms with Crippen LogP contribution in [0.15, 0.2) is 36.4 Å². The van der Waals surface area contributed by atoms with Crippen molar-refractivity contribution >= 4 is 23.2 Å². The minimum absolute atomic E-state index is 0.00334. The Morgan fingerprint density at radius 2 is 2.10 bits per heavy atom. The molecule has 0 saturated heterocycles. The topological polar surface area (TPSA) is 79.9 Å². The summed E-state index contributed by atoms with van der Waals surface area (Å²) >= 11 is 0. The molecule has 8 heteroatoms. The van der Waals surface area contributed by atoms with Crippen molar-refractivity contribution in [2.45, 2.75) is 25.9 Å². The molecule has 7 nitrogen and oxygen atoms in total. The molecule has 0 fully saturated rings. The molecule has 2 aliphatic rings. The van der Waals surface area contributed by atoms with Crippen LogP contribution in [0.2, 0.25) is 0 Å². The van der Waals surface area contributed by atoms with Gasteiger partial charge >= 0.3 is 0 Å². The van der Waals surface area contributed by atoms with E-state index in [1.54, 1.807) is 6.07 Å². The molecule has 4 rings (SSSR count). The van der Waals surface area contributed by atoms with Crippen molar-refractivity contribution in [2.75, 3.05) is 30.0 Å². The van der Waals surface area contributed by atoms with Gasteiger partial charge in [-0.15, -0.1) is 0 Å². The molecule has 2 aliphatic heterocycles. The number of fused-ring (bicyclic) bond motifs is 2. The van der Waals surface area contributed by atoms with Gasteiger partial charge in [-0.3, -0.25) is 9.59 Å². The van der Waals surface area contributed by atoms with Crippen LogP contribution in [0.3, 0.4) is 0 Å². The molecular formula is C21H22FN3O4. The van der Waals surface area contributed by atoms with Gasteiger partial charge < -0.3 is 25.0 Å². The van der Waals surface area contributed by atoms with Gasteiger partial charge in [-0.2, -0.15) is 0 Å². The molecular weight excluding hydrogens is 377 g/mol. The Morgan fingerprint density at radius 3 is 2.93 bits per heavy atom. The molecule has 2 aromatic carbocycles. The van der Waals surface area contributed by atoms with Gasteiger partial charge in [0.25, 0.3) is 5.91 Å². The highest BCUT2D eigenvalue weighted by molar-refractivity contribution is 5.95. The average molecular weight is 399 g/mol. The summed E-state index contributed by atoms with van der Waals surface area (Å²) < 4.78 is 24.8. The fourth-order valence-electron chi connectivity index (χ4n) is 3.61. The van der Waals surface area contributed by atoms with Gasteiger partial charge in [0, 0.05) is 19.2 Å². The number of ether oxygens (including phenoxy) is 2. The van der Waals surface area contributed by atoms with Gasteiger partial charge in [0.15, 0.2) is 6.61 Å². The normalized spacial score (nSPS) is 17.4. The Balaban J connectivity index is 1.63. The summed E-state index contributed by atoms with van der Waals surface area (Å²) in [5, 5.41) is 5.61. The predicted molar refractivity (Wildman–Crippen MR) is 106 cm³/mol. The second-order valence-corrected chi connectivity index (χ2v) is 7.03. The van der Waals surface area contributed by atoms with E-state index >= 15 is 0 Å². The van der Waals surface area contributed by atoms with Crippen LogP contribution in [0, 0.1) is 5.82 Å². The number of halogens is 1. The molecule has 2 amide bonds. The van der Waals surface area contributed by atoms with Gasteiger partial charge in [0.1, 0.15) is 23.9 Å². The van der Waals surface area contributed by atoms with Crippen molar-refractivity contribution < 1.29 is 23.5 Å².